The number of rotatable bonds is 3. The minimum Gasteiger partial charge on any atom is -0.395 e. The van der Waals surface area contributed by atoms with Gasteiger partial charge in [0.25, 0.3) is 0 Å². The number of nitrogens with zero attached hydrogens (tertiary/aromatic N) is 3. The predicted molar refractivity (Wildman–Crippen MR) is 52.9 cm³/mol. The second kappa shape index (κ2) is 2.79. The molecule has 1 saturated carbocycles. The molecule has 14 heavy (non-hydrogen) atoms. The third-order valence-corrected chi connectivity index (χ3v) is 3.53. The molecule has 1 unspecified atom stereocenters. The molecule has 1 aliphatic carbocycles. The number of aromatic nitrogens is 3. The van der Waals surface area contributed by atoms with E-state index in [1.807, 2.05) is 11.6 Å². The normalized spacial score (nSPS) is 29.1. The van der Waals surface area contributed by atoms with Gasteiger partial charge in [-0.15, -0.1) is 0 Å². The Hall–Kier alpha value is -0.900. The number of aliphatic hydroxyl groups excluding tert-OH is 1. The quantitative estimate of drug-likeness (QED) is 0.781. The molecule has 0 radical (unpaired) electrons. The van der Waals surface area contributed by atoms with Crippen molar-refractivity contribution in [3.63, 3.8) is 0 Å². The van der Waals surface area contributed by atoms with Crippen molar-refractivity contribution in [3.05, 3.63) is 12.2 Å². The molecule has 1 aromatic rings. The monoisotopic (exact) mass is 195 g/mol. The van der Waals surface area contributed by atoms with Crippen molar-refractivity contribution in [2.24, 2.45) is 5.41 Å². The highest BCUT2D eigenvalue weighted by Gasteiger charge is 2.64. The Balaban J connectivity index is 2.40. The van der Waals surface area contributed by atoms with E-state index in [-0.39, 0.29) is 17.4 Å². The lowest BCUT2D eigenvalue weighted by atomic mass is 9.96. The lowest BCUT2D eigenvalue weighted by Gasteiger charge is -2.17. The molecule has 0 spiro atoms. The van der Waals surface area contributed by atoms with Gasteiger partial charge in [-0.05, 0) is 18.8 Å². The predicted octanol–water partition coefficient (Wildman–Crippen LogP) is 0.958. The highest BCUT2D eigenvalue weighted by Crippen LogP contribution is 2.63. The van der Waals surface area contributed by atoms with E-state index in [9.17, 15) is 5.11 Å². The second-order valence-corrected chi connectivity index (χ2v) is 4.70. The molecule has 1 aliphatic rings. The van der Waals surface area contributed by atoms with Crippen molar-refractivity contribution in [2.45, 2.75) is 39.2 Å². The average Bonchev–Trinajstić information content (AvgIpc) is 2.56. The second-order valence-electron chi connectivity index (χ2n) is 4.70. The molecule has 0 aliphatic heterocycles. The molecule has 1 atom stereocenters. The number of aryl methyl sites for hydroxylation is 1. The maximum atomic E-state index is 9.50. The van der Waals surface area contributed by atoms with Crippen LogP contribution in [0.3, 0.4) is 0 Å². The zero-order valence-corrected chi connectivity index (χ0v) is 8.99. The SMILES string of the molecule is CCn1ncnc1C1(CO)CC1(C)C. The highest BCUT2D eigenvalue weighted by atomic mass is 16.3. The largest absolute Gasteiger partial charge is 0.395 e. The van der Waals surface area contributed by atoms with E-state index in [0.717, 1.165) is 18.8 Å². The van der Waals surface area contributed by atoms with Crippen LogP contribution in [0.25, 0.3) is 0 Å². The molecular formula is C10H17N3O. The molecule has 0 amide bonds. The van der Waals surface area contributed by atoms with Crippen LogP contribution in [-0.2, 0) is 12.0 Å². The van der Waals surface area contributed by atoms with Gasteiger partial charge in [-0.2, -0.15) is 5.10 Å². The van der Waals surface area contributed by atoms with Crippen LogP contribution in [0.15, 0.2) is 6.33 Å². The summed E-state index contributed by atoms with van der Waals surface area (Å²) in [6.07, 6.45) is 2.57. The minimum absolute atomic E-state index is 0.153. The molecule has 1 N–H and O–H groups in total. The van der Waals surface area contributed by atoms with Crippen molar-refractivity contribution in [1.82, 2.24) is 14.8 Å². The Labute approximate surface area is 84.0 Å². The molecular weight excluding hydrogens is 178 g/mol. The topological polar surface area (TPSA) is 50.9 Å². The fourth-order valence-electron chi connectivity index (χ4n) is 2.30. The van der Waals surface area contributed by atoms with Gasteiger partial charge >= 0.3 is 0 Å². The first-order valence-electron chi connectivity index (χ1n) is 5.06. The van der Waals surface area contributed by atoms with Crippen molar-refractivity contribution < 1.29 is 5.11 Å². The van der Waals surface area contributed by atoms with Crippen LogP contribution in [0.5, 0.6) is 0 Å². The summed E-state index contributed by atoms with van der Waals surface area (Å²) >= 11 is 0. The Kier molecular flexibility index (Phi) is 1.93. The van der Waals surface area contributed by atoms with E-state index >= 15 is 0 Å². The Morgan fingerprint density at radius 3 is 2.64 bits per heavy atom. The third-order valence-electron chi connectivity index (χ3n) is 3.53. The molecule has 1 aromatic heterocycles. The van der Waals surface area contributed by atoms with E-state index in [1.165, 1.54) is 0 Å². The van der Waals surface area contributed by atoms with Gasteiger partial charge in [0, 0.05) is 6.54 Å². The summed E-state index contributed by atoms with van der Waals surface area (Å²) in [5.74, 6) is 0.938. The highest BCUT2D eigenvalue weighted by molar-refractivity contribution is 5.27. The van der Waals surface area contributed by atoms with Crippen LogP contribution in [0.4, 0.5) is 0 Å². The van der Waals surface area contributed by atoms with Gasteiger partial charge in [-0.25, -0.2) is 9.67 Å². The van der Waals surface area contributed by atoms with Crippen molar-refractivity contribution in [2.75, 3.05) is 6.61 Å². The van der Waals surface area contributed by atoms with Gasteiger partial charge in [0.15, 0.2) is 0 Å². The summed E-state index contributed by atoms with van der Waals surface area (Å²) in [6, 6.07) is 0. The van der Waals surface area contributed by atoms with Gasteiger partial charge in [0.1, 0.15) is 12.2 Å². The van der Waals surface area contributed by atoms with Gasteiger partial charge < -0.3 is 5.11 Å². The molecule has 0 bridgehead atoms. The average molecular weight is 195 g/mol. The summed E-state index contributed by atoms with van der Waals surface area (Å²) in [4.78, 5) is 4.28. The van der Waals surface area contributed by atoms with E-state index in [2.05, 4.69) is 23.9 Å². The molecule has 4 nitrogen and oxygen atoms in total. The molecule has 4 heteroatoms. The van der Waals surface area contributed by atoms with Crippen LogP contribution in [0.2, 0.25) is 0 Å². The summed E-state index contributed by atoms with van der Waals surface area (Å²) in [7, 11) is 0. The zero-order valence-electron chi connectivity index (χ0n) is 8.99. The summed E-state index contributed by atoms with van der Waals surface area (Å²) in [5.41, 5.74) is 0.00120. The maximum Gasteiger partial charge on any atom is 0.138 e. The number of hydrogen-bond acceptors (Lipinski definition) is 3. The van der Waals surface area contributed by atoms with Gasteiger partial charge in [0.2, 0.25) is 0 Å². The van der Waals surface area contributed by atoms with Crippen molar-refractivity contribution in [3.8, 4) is 0 Å². The first-order valence-corrected chi connectivity index (χ1v) is 5.06. The third kappa shape index (κ3) is 1.03. The van der Waals surface area contributed by atoms with Crippen LogP contribution in [-0.4, -0.2) is 26.5 Å². The smallest absolute Gasteiger partial charge is 0.138 e. The summed E-state index contributed by atoms with van der Waals surface area (Å²) in [6.45, 7) is 7.35. The molecule has 0 saturated heterocycles. The van der Waals surface area contributed by atoms with Crippen LogP contribution >= 0.6 is 0 Å². The first kappa shape index (κ1) is 9.65. The van der Waals surface area contributed by atoms with E-state index in [0.29, 0.717) is 0 Å². The summed E-state index contributed by atoms with van der Waals surface area (Å²) < 4.78 is 1.88. The lowest BCUT2D eigenvalue weighted by Crippen LogP contribution is -2.24. The van der Waals surface area contributed by atoms with Crippen LogP contribution in [0, 0.1) is 5.41 Å². The molecule has 1 fully saturated rings. The standard InChI is InChI=1S/C10H17N3O/c1-4-13-8(11-7-12-13)10(6-14)5-9(10,2)3/h7,14H,4-6H2,1-3H3. The first-order chi connectivity index (χ1) is 6.57. The maximum absolute atomic E-state index is 9.50. The molecule has 1 heterocycles. The van der Waals surface area contributed by atoms with E-state index < -0.39 is 0 Å². The van der Waals surface area contributed by atoms with Crippen LogP contribution < -0.4 is 0 Å². The summed E-state index contributed by atoms with van der Waals surface area (Å²) in [5, 5.41) is 13.7. The molecule has 78 valence electrons. The fourth-order valence-corrected chi connectivity index (χ4v) is 2.30. The Bertz CT molecular complexity index is 345. The molecule has 0 aromatic carbocycles. The van der Waals surface area contributed by atoms with Crippen molar-refractivity contribution in [1.29, 1.82) is 0 Å². The van der Waals surface area contributed by atoms with E-state index in [1.54, 1.807) is 6.33 Å². The zero-order chi connectivity index (χ0) is 10.4. The van der Waals surface area contributed by atoms with Gasteiger partial charge in [0.05, 0.1) is 12.0 Å². The van der Waals surface area contributed by atoms with Crippen LogP contribution in [0.1, 0.15) is 33.0 Å². The van der Waals surface area contributed by atoms with E-state index in [4.69, 9.17) is 0 Å². The van der Waals surface area contributed by atoms with Gasteiger partial charge in [-0.3, -0.25) is 0 Å². The van der Waals surface area contributed by atoms with Crippen molar-refractivity contribution >= 4 is 0 Å². The fraction of sp³-hybridized carbons (Fsp3) is 0.800. The number of hydrogen-bond donors (Lipinski definition) is 1. The minimum atomic E-state index is -0.153. The Morgan fingerprint density at radius 1 is 1.57 bits per heavy atom. The number of aliphatic hydroxyl groups is 1. The molecule has 2 rings (SSSR count). The van der Waals surface area contributed by atoms with Gasteiger partial charge in [-0.1, -0.05) is 13.8 Å². The Morgan fingerprint density at radius 2 is 2.21 bits per heavy atom. The lowest BCUT2D eigenvalue weighted by molar-refractivity contribution is 0.221.